The minimum atomic E-state index is -5.08. The fourth-order valence-corrected chi connectivity index (χ4v) is 6.05. The summed E-state index contributed by atoms with van der Waals surface area (Å²) in [5.74, 6) is -9.62. The lowest BCUT2D eigenvalue weighted by atomic mass is 9.82. The summed E-state index contributed by atoms with van der Waals surface area (Å²) in [6.07, 6.45) is -9.92. The van der Waals surface area contributed by atoms with Gasteiger partial charge in [0, 0.05) is 61.1 Å². The van der Waals surface area contributed by atoms with Gasteiger partial charge in [0.2, 0.25) is 11.7 Å². The van der Waals surface area contributed by atoms with E-state index in [0.29, 0.717) is 32.4 Å². The second-order valence-corrected chi connectivity index (χ2v) is 14.0. The highest BCUT2D eigenvalue weighted by Gasteiger charge is 2.48. The lowest BCUT2D eigenvalue weighted by Crippen LogP contribution is -2.65. The van der Waals surface area contributed by atoms with Crippen LogP contribution in [-0.4, -0.2) is 134 Å². The number of carboxylic acid groups (broad SMARTS) is 3. The molecule has 358 valence electrons. The molecule has 1 saturated heterocycles. The molecule has 1 aliphatic carbocycles. The number of rotatable bonds is 10. The fraction of sp³-hybridized carbons (Fsp3) is 0.514. The van der Waals surface area contributed by atoms with Crippen molar-refractivity contribution in [3.8, 4) is 23.2 Å². The Labute approximate surface area is 356 Å². The Kier molecular flexibility index (Phi) is 17.6. The van der Waals surface area contributed by atoms with Gasteiger partial charge in [-0.25, -0.2) is 29.3 Å². The second kappa shape index (κ2) is 21.6. The molecule has 6 N–H and O–H groups in total. The van der Waals surface area contributed by atoms with Crippen molar-refractivity contribution in [2.45, 2.75) is 94.0 Å². The minimum absolute atomic E-state index is 0.0447. The molecule has 2 aliphatic rings. The van der Waals surface area contributed by atoms with Crippen LogP contribution in [0.4, 0.5) is 52.7 Å². The van der Waals surface area contributed by atoms with Crippen LogP contribution >= 0.6 is 0 Å². The van der Waals surface area contributed by atoms with Crippen LogP contribution in [0.15, 0.2) is 37.1 Å². The van der Waals surface area contributed by atoms with Gasteiger partial charge in [-0.05, 0) is 38.7 Å². The van der Waals surface area contributed by atoms with Gasteiger partial charge in [0.25, 0.3) is 0 Å². The second-order valence-electron chi connectivity index (χ2n) is 14.0. The molecule has 0 amide bonds. The molecule has 1 aliphatic heterocycles. The number of aliphatic hydroxyl groups is 1. The number of aromatic nitrogens is 7. The number of nitriles is 1. The van der Waals surface area contributed by atoms with Crippen molar-refractivity contribution in [1.82, 2.24) is 44.9 Å². The Morgan fingerprint density at radius 1 is 0.923 bits per heavy atom. The highest BCUT2D eigenvalue weighted by atomic mass is 19.4. The normalized spacial score (nSPS) is 17.9. The smallest absolute Gasteiger partial charge is 0.475 e. The van der Waals surface area contributed by atoms with Gasteiger partial charge >= 0.3 is 42.6 Å². The largest absolute Gasteiger partial charge is 0.490 e. The number of halogens is 12. The summed E-state index contributed by atoms with van der Waals surface area (Å²) in [7, 11) is 0. The molecule has 65 heavy (non-hydrogen) atoms. The van der Waals surface area contributed by atoms with E-state index in [1.807, 2.05) is 23.1 Å². The summed E-state index contributed by atoms with van der Waals surface area (Å²) >= 11 is 0. The summed E-state index contributed by atoms with van der Waals surface area (Å²) in [6, 6.07) is 5.66. The summed E-state index contributed by atoms with van der Waals surface area (Å²) < 4.78 is 143. The van der Waals surface area contributed by atoms with Crippen LogP contribution in [0.25, 0.3) is 22.3 Å². The van der Waals surface area contributed by atoms with Gasteiger partial charge in [-0.2, -0.15) is 68.0 Å². The molecular weight excluding hydrogens is 916 g/mol. The van der Waals surface area contributed by atoms with Crippen molar-refractivity contribution in [3.63, 3.8) is 0 Å². The van der Waals surface area contributed by atoms with E-state index in [4.69, 9.17) is 34.4 Å². The first-order chi connectivity index (χ1) is 30.0. The number of ether oxygens (including phenoxy) is 1. The third-order valence-corrected chi connectivity index (χ3v) is 9.19. The van der Waals surface area contributed by atoms with Crippen LogP contribution in [0.1, 0.15) is 50.5 Å². The predicted octanol–water partition coefficient (Wildman–Crippen LogP) is 5.32. The molecule has 6 rings (SSSR count). The average Bonchev–Trinajstić information content (AvgIpc) is 3.89. The Balaban J connectivity index is 0.000000443. The van der Waals surface area contributed by atoms with Crippen LogP contribution in [0.2, 0.25) is 0 Å². The van der Waals surface area contributed by atoms with Crippen LogP contribution in [0.5, 0.6) is 5.88 Å². The standard InChI is InChI=1S/C29H33F3N10O2.3C2HF3O2/c1-18(14-43)35-12-20-10-24(40-27(39-20)29(30,31)32)44-22-4-2-21(3-5-22)41-15-28(16-41,7-8-33)42-13-19(11-38-42)25-23-6-9-34-26(23)37-17-36-25;3*3-2(4,5)1(6)7/h6,9-11,13,17-18,21-22,35,43H,2-5,7,12,14-16H2,1H3,(H,34,36,37);3*(H,6,7)/t18-,21-,22+;;;/m1.../s1. The molecule has 0 spiro atoms. The Hall–Kier alpha value is -6.35. The summed E-state index contributed by atoms with van der Waals surface area (Å²) in [6.45, 7) is 2.96. The van der Waals surface area contributed by atoms with Crippen LogP contribution < -0.4 is 10.1 Å². The quantitative estimate of drug-likeness (QED) is 0.110. The number of hydrogen-bond donors (Lipinski definition) is 6. The zero-order chi connectivity index (χ0) is 49.1. The van der Waals surface area contributed by atoms with Crippen molar-refractivity contribution in [1.29, 1.82) is 5.26 Å². The molecule has 2 fully saturated rings. The molecule has 4 aromatic heterocycles. The molecule has 4 aromatic rings. The number of aliphatic hydroxyl groups excluding tert-OH is 1. The number of alkyl halides is 12. The van der Waals surface area contributed by atoms with Gasteiger partial charge < -0.3 is 35.5 Å². The van der Waals surface area contributed by atoms with E-state index >= 15 is 0 Å². The lowest BCUT2D eigenvalue weighted by Gasteiger charge is -2.53. The number of nitrogens with one attached hydrogen (secondary N) is 2. The molecule has 0 bridgehead atoms. The van der Waals surface area contributed by atoms with E-state index in [-0.39, 0.29) is 42.9 Å². The molecule has 5 heterocycles. The number of carbonyl (C=O) groups is 3. The number of H-pyrrole nitrogens is 1. The van der Waals surface area contributed by atoms with Gasteiger partial charge in [-0.1, -0.05) is 0 Å². The van der Waals surface area contributed by atoms with E-state index in [9.17, 15) is 63.1 Å². The first-order valence-corrected chi connectivity index (χ1v) is 18.3. The number of hydrogen-bond acceptors (Lipinski definition) is 13. The molecule has 1 saturated carbocycles. The summed E-state index contributed by atoms with van der Waals surface area (Å²) in [5.41, 5.74) is 2.07. The van der Waals surface area contributed by atoms with Crippen LogP contribution in [0, 0.1) is 11.3 Å². The van der Waals surface area contributed by atoms with E-state index in [2.05, 4.69) is 46.3 Å². The van der Waals surface area contributed by atoms with Crippen LogP contribution in [0.3, 0.4) is 0 Å². The van der Waals surface area contributed by atoms with Gasteiger partial charge in [0.05, 0.1) is 36.7 Å². The monoisotopic (exact) mass is 952 g/mol. The number of aliphatic carboxylic acids is 3. The lowest BCUT2D eigenvalue weighted by molar-refractivity contribution is -0.193. The maximum atomic E-state index is 13.5. The number of carboxylic acids is 3. The van der Waals surface area contributed by atoms with Crippen molar-refractivity contribution in [2.24, 2.45) is 0 Å². The molecule has 0 radical (unpaired) electrons. The first kappa shape index (κ1) is 53.0. The number of fused-ring (bicyclic) bond motifs is 1. The number of aromatic amines is 1. The third kappa shape index (κ3) is 15.4. The Morgan fingerprint density at radius 2 is 1.48 bits per heavy atom. The van der Waals surface area contributed by atoms with Gasteiger partial charge in [-0.3, -0.25) is 9.58 Å². The fourth-order valence-electron chi connectivity index (χ4n) is 6.05. The summed E-state index contributed by atoms with van der Waals surface area (Å²) in [4.78, 5) is 48.1. The molecule has 0 aromatic carbocycles. The van der Waals surface area contributed by atoms with Crippen LogP contribution in [-0.2, 0) is 32.6 Å². The Morgan fingerprint density at radius 3 is 1.97 bits per heavy atom. The highest BCUT2D eigenvalue weighted by Crippen LogP contribution is 2.39. The zero-order valence-corrected chi connectivity index (χ0v) is 33.1. The molecule has 1 atom stereocenters. The Bertz CT molecular complexity index is 2200. The predicted molar refractivity (Wildman–Crippen MR) is 193 cm³/mol. The number of nitrogens with zero attached hydrogens (tertiary/aromatic N) is 8. The molecule has 0 unspecified atom stereocenters. The third-order valence-electron chi connectivity index (χ3n) is 9.19. The SMILES string of the molecule is C[C@H](CO)NCc1cc(O[C@H]2CC[C@@H](N3CC(CC#N)(n4cc(-c5ncnc6[nH]ccc56)cn4)C3)CC2)nc(C(F)(F)F)n1.O=C(O)C(F)(F)F.O=C(O)C(F)(F)F.O=C(O)C(F)(F)F. The maximum Gasteiger partial charge on any atom is 0.490 e. The van der Waals surface area contributed by atoms with Crippen molar-refractivity contribution in [3.05, 3.63) is 48.6 Å². The zero-order valence-electron chi connectivity index (χ0n) is 33.1. The average molecular weight is 953 g/mol. The van der Waals surface area contributed by atoms with Crippen molar-refractivity contribution < 1.29 is 92.2 Å². The van der Waals surface area contributed by atoms with E-state index in [1.54, 1.807) is 13.1 Å². The molecule has 18 nitrogen and oxygen atoms in total. The first-order valence-electron chi connectivity index (χ1n) is 18.3. The van der Waals surface area contributed by atoms with Crippen molar-refractivity contribution >= 4 is 28.9 Å². The van der Waals surface area contributed by atoms with E-state index in [1.165, 1.54) is 12.4 Å². The maximum absolute atomic E-state index is 13.5. The van der Waals surface area contributed by atoms with Gasteiger partial charge in [-0.15, -0.1) is 0 Å². The van der Waals surface area contributed by atoms with Gasteiger partial charge in [0.15, 0.2) is 0 Å². The van der Waals surface area contributed by atoms with E-state index < -0.39 is 54.0 Å². The highest BCUT2D eigenvalue weighted by molar-refractivity contribution is 5.90. The van der Waals surface area contributed by atoms with Crippen molar-refractivity contribution in [2.75, 3.05) is 19.7 Å². The van der Waals surface area contributed by atoms with E-state index in [0.717, 1.165) is 35.1 Å². The molecule has 30 heteroatoms. The number of likely N-dealkylation sites (tertiary alicyclic amines) is 1. The topological polar surface area (TPSA) is 266 Å². The molecular formula is C35H36F12N10O8. The minimum Gasteiger partial charge on any atom is -0.475 e. The summed E-state index contributed by atoms with van der Waals surface area (Å²) in [5, 5.41) is 48.7. The van der Waals surface area contributed by atoms with Gasteiger partial charge in [0.1, 0.15) is 23.6 Å².